The molecule has 1 aliphatic heterocycles. The highest BCUT2D eigenvalue weighted by atomic mass is 35.5. The molecule has 1 aromatic rings. The first-order valence-electron chi connectivity index (χ1n) is 7.70. The van der Waals surface area contributed by atoms with E-state index in [1.807, 2.05) is 6.92 Å². The number of nitrogens with two attached hydrogens (primary N) is 1. The number of likely N-dealkylation sites (tertiary alicyclic amines) is 1. The number of likely N-dealkylation sites (N-methyl/N-ethyl adjacent to an activating group) is 1. The highest BCUT2D eigenvalue weighted by Gasteiger charge is 2.31. The minimum atomic E-state index is -0.140. The lowest BCUT2D eigenvalue weighted by molar-refractivity contribution is -0.137. The molecule has 2 N–H and O–H groups in total. The van der Waals surface area contributed by atoms with Crippen molar-refractivity contribution in [2.24, 2.45) is 11.7 Å². The number of carbonyl (C=O) groups is 2. The Kier molecular flexibility index (Phi) is 9.89. The molecule has 2 amide bonds. The van der Waals surface area contributed by atoms with Gasteiger partial charge in [-0.15, -0.1) is 24.8 Å². The molecule has 1 fully saturated rings. The van der Waals surface area contributed by atoms with Gasteiger partial charge in [-0.2, -0.15) is 0 Å². The van der Waals surface area contributed by atoms with E-state index >= 15 is 0 Å². The molecule has 1 aromatic heterocycles. The van der Waals surface area contributed by atoms with Crippen LogP contribution in [0.1, 0.15) is 30.1 Å². The third-order valence-corrected chi connectivity index (χ3v) is 4.34. The van der Waals surface area contributed by atoms with Gasteiger partial charge in [0.05, 0.1) is 5.92 Å². The second-order valence-corrected chi connectivity index (χ2v) is 5.86. The van der Waals surface area contributed by atoms with Gasteiger partial charge in [0.25, 0.3) is 5.91 Å². The van der Waals surface area contributed by atoms with Crippen molar-refractivity contribution in [2.45, 2.75) is 25.8 Å². The number of pyridine rings is 1. The monoisotopic (exact) mass is 376 g/mol. The molecule has 0 bridgehead atoms. The molecule has 2 unspecified atom stereocenters. The van der Waals surface area contributed by atoms with Gasteiger partial charge in [-0.1, -0.05) is 0 Å². The van der Waals surface area contributed by atoms with Gasteiger partial charge in [0, 0.05) is 50.7 Å². The molecule has 2 atom stereocenters. The lowest BCUT2D eigenvalue weighted by Crippen LogP contribution is -2.49. The lowest BCUT2D eigenvalue weighted by atomic mass is 9.95. The van der Waals surface area contributed by atoms with Crippen LogP contribution in [-0.4, -0.2) is 59.3 Å². The Morgan fingerprint density at radius 1 is 1.38 bits per heavy atom. The zero-order chi connectivity index (χ0) is 16.1. The van der Waals surface area contributed by atoms with Crippen molar-refractivity contribution < 1.29 is 9.59 Å². The fraction of sp³-hybridized carbons (Fsp3) is 0.562. The molecule has 136 valence electrons. The van der Waals surface area contributed by atoms with Crippen LogP contribution in [0.25, 0.3) is 0 Å². The van der Waals surface area contributed by atoms with E-state index < -0.39 is 0 Å². The quantitative estimate of drug-likeness (QED) is 0.864. The third kappa shape index (κ3) is 5.33. The van der Waals surface area contributed by atoms with Gasteiger partial charge in [-0.25, -0.2) is 0 Å². The van der Waals surface area contributed by atoms with Crippen LogP contribution in [0, 0.1) is 5.92 Å². The second-order valence-electron chi connectivity index (χ2n) is 5.86. The molecule has 6 nitrogen and oxygen atoms in total. The smallest absolute Gasteiger partial charge is 0.253 e. The Balaban J connectivity index is 0.00000264. The number of carbonyl (C=O) groups excluding carboxylic acids is 2. The maximum Gasteiger partial charge on any atom is 0.253 e. The first-order chi connectivity index (χ1) is 10.5. The number of rotatable bonds is 4. The Labute approximate surface area is 155 Å². The van der Waals surface area contributed by atoms with Crippen molar-refractivity contribution in [3.8, 4) is 0 Å². The van der Waals surface area contributed by atoms with Crippen LogP contribution in [0.2, 0.25) is 0 Å². The SMILES string of the molecule is CC(CN)N(C)C(=O)C1CCCN(C(=O)c2ccncc2)C1.Cl.Cl. The van der Waals surface area contributed by atoms with Crippen molar-refractivity contribution in [3.05, 3.63) is 30.1 Å². The standard InChI is InChI=1S/C16H24N4O2.2ClH/c1-12(10-17)19(2)15(21)14-4-3-9-20(11-14)16(22)13-5-7-18-8-6-13;;/h5-8,12,14H,3-4,9-11,17H2,1-2H3;2*1H. The van der Waals surface area contributed by atoms with Crippen molar-refractivity contribution >= 4 is 36.6 Å². The summed E-state index contributed by atoms with van der Waals surface area (Å²) >= 11 is 0. The summed E-state index contributed by atoms with van der Waals surface area (Å²) in [6.07, 6.45) is 4.88. The fourth-order valence-corrected chi connectivity index (χ4v) is 2.70. The molecule has 1 saturated heterocycles. The molecular weight excluding hydrogens is 351 g/mol. The molecular formula is C16H26Cl2N4O2. The number of nitrogens with zero attached hydrogens (tertiary/aromatic N) is 3. The van der Waals surface area contributed by atoms with Crippen molar-refractivity contribution in [3.63, 3.8) is 0 Å². The zero-order valence-corrected chi connectivity index (χ0v) is 15.7. The summed E-state index contributed by atoms with van der Waals surface area (Å²) < 4.78 is 0. The maximum atomic E-state index is 12.5. The van der Waals surface area contributed by atoms with Crippen LogP contribution >= 0.6 is 24.8 Å². The minimum absolute atomic E-state index is 0. The number of aromatic nitrogens is 1. The average molecular weight is 377 g/mol. The van der Waals surface area contributed by atoms with Gasteiger partial charge in [-0.05, 0) is 31.9 Å². The van der Waals surface area contributed by atoms with Gasteiger partial charge >= 0.3 is 0 Å². The van der Waals surface area contributed by atoms with E-state index in [1.54, 1.807) is 41.4 Å². The summed E-state index contributed by atoms with van der Waals surface area (Å²) in [7, 11) is 1.78. The van der Waals surface area contributed by atoms with Crippen LogP contribution in [-0.2, 0) is 4.79 Å². The summed E-state index contributed by atoms with van der Waals surface area (Å²) in [5.41, 5.74) is 6.24. The molecule has 24 heavy (non-hydrogen) atoms. The van der Waals surface area contributed by atoms with Gasteiger partial charge in [0.2, 0.25) is 5.91 Å². The molecule has 0 radical (unpaired) electrons. The predicted octanol–water partition coefficient (Wildman–Crippen LogP) is 1.58. The number of piperidine rings is 1. The highest BCUT2D eigenvalue weighted by Crippen LogP contribution is 2.21. The number of hydrogen-bond donors (Lipinski definition) is 1. The van der Waals surface area contributed by atoms with Gasteiger partial charge < -0.3 is 15.5 Å². The van der Waals surface area contributed by atoms with Crippen LogP contribution < -0.4 is 5.73 Å². The van der Waals surface area contributed by atoms with E-state index in [-0.39, 0.29) is 48.6 Å². The Bertz CT molecular complexity index is 530. The lowest BCUT2D eigenvalue weighted by Gasteiger charge is -2.35. The van der Waals surface area contributed by atoms with Crippen molar-refractivity contribution in [1.29, 1.82) is 0 Å². The number of amides is 2. The van der Waals surface area contributed by atoms with E-state index in [2.05, 4.69) is 4.98 Å². The van der Waals surface area contributed by atoms with Crippen LogP contribution in [0.15, 0.2) is 24.5 Å². The third-order valence-electron chi connectivity index (χ3n) is 4.34. The van der Waals surface area contributed by atoms with Gasteiger partial charge in [0.15, 0.2) is 0 Å². The van der Waals surface area contributed by atoms with E-state index in [1.165, 1.54) is 0 Å². The Morgan fingerprint density at radius 3 is 2.58 bits per heavy atom. The number of halogens is 2. The van der Waals surface area contributed by atoms with Crippen LogP contribution in [0.4, 0.5) is 0 Å². The van der Waals surface area contributed by atoms with Crippen LogP contribution in [0.5, 0.6) is 0 Å². The predicted molar refractivity (Wildman–Crippen MR) is 98.6 cm³/mol. The Morgan fingerprint density at radius 2 is 2.00 bits per heavy atom. The largest absolute Gasteiger partial charge is 0.341 e. The number of hydrogen-bond acceptors (Lipinski definition) is 4. The highest BCUT2D eigenvalue weighted by molar-refractivity contribution is 5.94. The second kappa shape index (κ2) is 10.5. The molecule has 2 rings (SSSR count). The van der Waals surface area contributed by atoms with Crippen molar-refractivity contribution in [2.75, 3.05) is 26.7 Å². The topological polar surface area (TPSA) is 79.5 Å². The molecule has 0 aromatic carbocycles. The molecule has 0 saturated carbocycles. The van der Waals surface area contributed by atoms with E-state index in [9.17, 15) is 9.59 Å². The molecule has 0 spiro atoms. The summed E-state index contributed by atoms with van der Waals surface area (Å²) in [6.45, 7) is 3.54. The molecule has 2 heterocycles. The maximum absolute atomic E-state index is 12.5. The molecule has 1 aliphatic rings. The van der Waals surface area contributed by atoms with Crippen molar-refractivity contribution in [1.82, 2.24) is 14.8 Å². The minimum Gasteiger partial charge on any atom is -0.341 e. The first-order valence-corrected chi connectivity index (χ1v) is 7.70. The summed E-state index contributed by atoms with van der Waals surface area (Å²) in [5, 5.41) is 0. The van der Waals surface area contributed by atoms with Crippen LogP contribution in [0.3, 0.4) is 0 Å². The average Bonchev–Trinajstić information content (AvgIpc) is 2.59. The van der Waals surface area contributed by atoms with Gasteiger partial charge in [0.1, 0.15) is 0 Å². The summed E-state index contributed by atoms with van der Waals surface area (Å²) in [6, 6.07) is 3.42. The van der Waals surface area contributed by atoms with E-state index in [0.29, 0.717) is 25.2 Å². The van der Waals surface area contributed by atoms with E-state index in [4.69, 9.17) is 5.73 Å². The van der Waals surface area contributed by atoms with E-state index in [0.717, 1.165) is 12.8 Å². The summed E-state index contributed by atoms with van der Waals surface area (Å²) in [4.78, 5) is 32.4. The summed E-state index contributed by atoms with van der Waals surface area (Å²) in [5.74, 6) is -0.0989. The molecule has 8 heteroatoms. The van der Waals surface area contributed by atoms with Gasteiger partial charge in [-0.3, -0.25) is 14.6 Å². The Hall–Kier alpha value is -1.37. The normalized spacial score (nSPS) is 18.0. The zero-order valence-electron chi connectivity index (χ0n) is 14.1. The molecule has 0 aliphatic carbocycles. The first kappa shape index (κ1) is 22.6. The fourth-order valence-electron chi connectivity index (χ4n) is 2.70.